The zero-order valence-electron chi connectivity index (χ0n) is 12.2. The number of benzene rings is 1. The van der Waals surface area contributed by atoms with Gasteiger partial charge in [0.05, 0.1) is 0 Å². The average Bonchev–Trinajstić information content (AvgIpc) is 2.74. The summed E-state index contributed by atoms with van der Waals surface area (Å²) in [6, 6.07) is 11.8. The number of nitrogens with one attached hydrogen (secondary N) is 1. The normalized spacial score (nSPS) is 28.2. The molecule has 100 valence electrons. The van der Waals surface area contributed by atoms with Crippen LogP contribution in [0.2, 0.25) is 0 Å². The van der Waals surface area contributed by atoms with E-state index in [4.69, 9.17) is 0 Å². The summed E-state index contributed by atoms with van der Waals surface area (Å²) in [7, 11) is 0. The third kappa shape index (κ3) is 2.33. The summed E-state index contributed by atoms with van der Waals surface area (Å²) < 4.78 is 0. The fourth-order valence-electron chi connectivity index (χ4n) is 3.69. The smallest absolute Gasteiger partial charge is 0.0169 e. The first-order valence-corrected chi connectivity index (χ1v) is 7.36. The highest BCUT2D eigenvalue weighted by Crippen LogP contribution is 2.43. The van der Waals surface area contributed by atoms with Gasteiger partial charge in [0.2, 0.25) is 0 Å². The molecule has 1 saturated heterocycles. The maximum Gasteiger partial charge on any atom is 0.0169 e. The van der Waals surface area contributed by atoms with Crippen LogP contribution in [0.1, 0.15) is 46.1 Å². The zero-order chi connectivity index (χ0) is 13.2. The molecule has 0 bridgehead atoms. The molecule has 2 atom stereocenters. The summed E-state index contributed by atoms with van der Waals surface area (Å²) in [5.41, 5.74) is 1.85. The second-order valence-electron chi connectivity index (χ2n) is 6.45. The Bertz CT molecular complexity index is 368. The molecule has 2 rings (SSSR count). The van der Waals surface area contributed by atoms with E-state index in [0.717, 1.165) is 12.5 Å². The van der Waals surface area contributed by atoms with E-state index in [1.54, 1.807) is 0 Å². The van der Waals surface area contributed by atoms with E-state index in [1.807, 2.05) is 0 Å². The molecular formula is C17H27N. The van der Waals surface area contributed by atoms with E-state index in [9.17, 15) is 0 Å². The maximum atomic E-state index is 3.76. The molecule has 0 spiro atoms. The summed E-state index contributed by atoms with van der Waals surface area (Å²) >= 11 is 0. The van der Waals surface area contributed by atoms with Gasteiger partial charge >= 0.3 is 0 Å². The predicted molar refractivity (Wildman–Crippen MR) is 78.8 cm³/mol. The second-order valence-corrected chi connectivity index (χ2v) is 6.45. The topological polar surface area (TPSA) is 12.0 Å². The molecule has 1 fully saturated rings. The van der Waals surface area contributed by atoms with Crippen molar-refractivity contribution in [1.29, 1.82) is 0 Å². The van der Waals surface area contributed by atoms with Crippen molar-refractivity contribution in [3.63, 3.8) is 0 Å². The Hall–Kier alpha value is -0.820. The molecule has 1 heterocycles. The number of hydrogen-bond donors (Lipinski definition) is 1. The van der Waals surface area contributed by atoms with E-state index in [0.29, 0.717) is 17.4 Å². The van der Waals surface area contributed by atoms with Gasteiger partial charge in [-0.15, -0.1) is 0 Å². The van der Waals surface area contributed by atoms with Crippen LogP contribution in [-0.4, -0.2) is 12.6 Å². The molecule has 1 N–H and O–H groups in total. The standard InChI is InChI=1S/C17H27N/c1-13(2)12-16-17(14(3)4,10-11-18-16)15-8-6-5-7-9-15/h5-9,13-14,16,18H,10-12H2,1-4H3. The first kappa shape index (κ1) is 13.6. The van der Waals surface area contributed by atoms with Crippen LogP contribution in [0.3, 0.4) is 0 Å². The highest BCUT2D eigenvalue weighted by molar-refractivity contribution is 5.30. The molecule has 1 heteroatoms. The third-order valence-corrected chi connectivity index (χ3v) is 4.60. The van der Waals surface area contributed by atoms with Crippen LogP contribution in [0.4, 0.5) is 0 Å². The predicted octanol–water partition coefficient (Wildman–Crippen LogP) is 3.99. The van der Waals surface area contributed by atoms with Crippen LogP contribution in [0.5, 0.6) is 0 Å². The highest BCUT2D eigenvalue weighted by Gasteiger charge is 2.46. The van der Waals surface area contributed by atoms with E-state index < -0.39 is 0 Å². The Morgan fingerprint density at radius 1 is 1.17 bits per heavy atom. The summed E-state index contributed by atoms with van der Waals surface area (Å²) in [6.45, 7) is 10.6. The molecule has 0 aromatic heterocycles. The SMILES string of the molecule is CC(C)CC1NCCC1(c1ccccc1)C(C)C. The van der Waals surface area contributed by atoms with E-state index in [-0.39, 0.29) is 0 Å². The van der Waals surface area contributed by atoms with Gasteiger partial charge in [-0.05, 0) is 36.8 Å². The molecule has 1 nitrogen and oxygen atoms in total. The molecule has 1 aliphatic heterocycles. The summed E-state index contributed by atoms with van der Waals surface area (Å²) in [6.07, 6.45) is 2.54. The second kappa shape index (κ2) is 5.44. The fourth-order valence-corrected chi connectivity index (χ4v) is 3.69. The van der Waals surface area contributed by atoms with Crippen molar-refractivity contribution in [2.24, 2.45) is 11.8 Å². The lowest BCUT2D eigenvalue weighted by atomic mass is 9.65. The molecule has 18 heavy (non-hydrogen) atoms. The monoisotopic (exact) mass is 245 g/mol. The Morgan fingerprint density at radius 3 is 2.39 bits per heavy atom. The molecule has 0 saturated carbocycles. The van der Waals surface area contributed by atoms with Crippen LogP contribution in [-0.2, 0) is 5.41 Å². The van der Waals surface area contributed by atoms with Crippen molar-refractivity contribution in [1.82, 2.24) is 5.32 Å². The Labute approximate surface area is 112 Å². The van der Waals surface area contributed by atoms with Gasteiger partial charge < -0.3 is 5.32 Å². The molecular weight excluding hydrogens is 218 g/mol. The third-order valence-electron chi connectivity index (χ3n) is 4.60. The minimum atomic E-state index is 0.325. The minimum Gasteiger partial charge on any atom is -0.313 e. The molecule has 0 radical (unpaired) electrons. The largest absolute Gasteiger partial charge is 0.313 e. The lowest BCUT2D eigenvalue weighted by Gasteiger charge is -2.40. The van der Waals surface area contributed by atoms with E-state index in [2.05, 4.69) is 63.3 Å². The zero-order valence-corrected chi connectivity index (χ0v) is 12.2. The maximum absolute atomic E-state index is 3.76. The fraction of sp³-hybridized carbons (Fsp3) is 0.647. The minimum absolute atomic E-state index is 0.325. The van der Waals surface area contributed by atoms with Gasteiger partial charge in [0.25, 0.3) is 0 Å². The van der Waals surface area contributed by atoms with Crippen molar-refractivity contribution >= 4 is 0 Å². The summed E-state index contributed by atoms with van der Waals surface area (Å²) in [4.78, 5) is 0. The van der Waals surface area contributed by atoms with Gasteiger partial charge in [0.1, 0.15) is 0 Å². The molecule has 0 amide bonds. The van der Waals surface area contributed by atoms with Crippen LogP contribution < -0.4 is 5.32 Å². The van der Waals surface area contributed by atoms with Gasteiger partial charge in [-0.1, -0.05) is 58.0 Å². The quantitative estimate of drug-likeness (QED) is 0.846. The van der Waals surface area contributed by atoms with Crippen molar-refractivity contribution in [3.8, 4) is 0 Å². The Morgan fingerprint density at radius 2 is 1.83 bits per heavy atom. The number of hydrogen-bond acceptors (Lipinski definition) is 1. The summed E-state index contributed by atoms with van der Waals surface area (Å²) in [5.74, 6) is 1.43. The molecule has 2 unspecified atom stereocenters. The lowest BCUT2D eigenvalue weighted by Crippen LogP contribution is -2.45. The van der Waals surface area contributed by atoms with E-state index >= 15 is 0 Å². The van der Waals surface area contributed by atoms with E-state index in [1.165, 1.54) is 18.4 Å². The van der Waals surface area contributed by atoms with Gasteiger partial charge in [-0.25, -0.2) is 0 Å². The van der Waals surface area contributed by atoms with Crippen LogP contribution >= 0.6 is 0 Å². The Kier molecular flexibility index (Phi) is 4.11. The first-order chi connectivity index (χ1) is 8.57. The van der Waals surface area contributed by atoms with Gasteiger partial charge in [0.15, 0.2) is 0 Å². The highest BCUT2D eigenvalue weighted by atomic mass is 15.0. The van der Waals surface area contributed by atoms with Crippen LogP contribution in [0.15, 0.2) is 30.3 Å². The summed E-state index contributed by atoms with van der Waals surface area (Å²) in [5, 5.41) is 3.76. The molecule has 0 aliphatic carbocycles. The van der Waals surface area contributed by atoms with Crippen molar-refractivity contribution in [3.05, 3.63) is 35.9 Å². The van der Waals surface area contributed by atoms with Gasteiger partial charge in [0, 0.05) is 11.5 Å². The molecule has 1 aliphatic rings. The first-order valence-electron chi connectivity index (χ1n) is 7.36. The lowest BCUT2D eigenvalue weighted by molar-refractivity contribution is 0.243. The average molecular weight is 245 g/mol. The van der Waals surface area contributed by atoms with Crippen LogP contribution in [0.25, 0.3) is 0 Å². The number of rotatable bonds is 4. The Balaban J connectivity index is 2.37. The van der Waals surface area contributed by atoms with Crippen molar-refractivity contribution in [2.75, 3.05) is 6.54 Å². The molecule has 1 aromatic rings. The van der Waals surface area contributed by atoms with Crippen LogP contribution in [0, 0.1) is 11.8 Å². The van der Waals surface area contributed by atoms with Crippen molar-refractivity contribution in [2.45, 2.75) is 52.0 Å². The van der Waals surface area contributed by atoms with Crippen molar-refractivity contribution < 1.29 is 0 Å². The van der Waals surface area contributed by atoms with Gasteiger partial charge in [-0.2, -0.15) is 0 Å². The molecule has 1 aromatic carbocycles. The van der Waals surface area contributed by atoms with Gasteiger partial charge in [-0.3, -0.25) is 0 Å².